The minimum absolute atomic E-state index is 0.0457. The molecule has 0 bridgehead atoms. The third-order valence-corrected chi connectivity index (χ3v) is 5.24. The van der Waals surface area contributed by atoms with Gasteiger partial charge in [-0.25, -0.2) is 0 Å². The molecule has 3 rings (SSSR count). The molecule has 3 aromatic rings. The number of benzene rings is 2. The monoisotopic (exact) mass is 366 g/mol. The SMILES string of the molecule is CCn1c(SCC(=O)Nc2cccc(C)c2C)nnc1-c1ccccc1. The first-order valence-corrected chi connectivity index (χ1v) is 9.56. The largest absolute Gasteiger partial charge is 0.325 e. The first-order chi connectivity index (χ1) is 12.6. The fourth-order valence-corrected chi connectivity index (χ4v) is 3.49. The van der Waals surface area contributed by atoms with E-state index in [1.807, 2.05) is 66.9 Å². The van der Waals surface area contributed by atoms with E-state index in [1.165, 1.54) is 11.8 Å². The van der Waals surface area contributed by atoms with Crippen LogP contribution in [0, 0.1) is 13.8 Å². The molecular formula is C20H22N4OS. The zero-order chi connectivity index (χ0) is 18.5. The molecule has 0 spiro atoms. The summed E-state index contributed by atoms with van der Waals surface area (Å²) >= 11 is 1.40. The Kier molecular flexibility index (Phi) is 5.73. The maximum atomic E-state index is 12.3. The van der Waals surface area contributed by atoms with Crippen LogP contribution in [0.25, 0.3) is 11.4 Å². The van der Waals surface area contributed by atoms with Crippen LogP contribution < -0.4 is 5.32 Å². The number of thioether (sulfide) groups is 1. The van der Waals surface area contributed by atoms with Gasteiger partial charge in [0.05, 0.1) is 5.75 Å². The lowest BCUT2D eigenvalue weighted by Gasteiger charge is -2.10. The van der Waals surface area contributed by atoms with Crippen molar-refractivity contribution in [2.45, 2.75) is 32.5 Å². The second kappa shape index (κ2) is 8.19. The van der Waals surface area contributed by atoms with Gasteiger partial charge >= 0.3 is 0 Å². The summed E-state index contributed by atoms with van der Waals surface area (Å²) in [5, 5.41) is 12.3. The molecule has 2 aromatic carbocycles. The number of aromatic nitrogens is 3. The molecule has 0 saturated carbocycles. The summed E-state index contributed by atoms with van der Waals surface area (Å²) < 4.78 is 2.03. The lowest BCUT2D eigenvalue weighted by molar-refractivity contribution is -0.113. The highest BCUT2D eigenvalue weighted by Crippen LogP contribution is 2.24. The van der Waals surface area contributed by atoms with Crippen LogP contribution in [0.15, 0.2) is 53.7 Å². The number of carbonyl (C=O) groups excluding carboxylic acids is 1. The smallest absolute Gasteiger partial charge is 0.234 e. The second-order valence-electron chi connectivity index (χ2n) is 6.00. The van der Waals surface area contributed by atoms with Crippen molar-refractivity contribution in [3.05, 3.63) is 59.7 Å². The minimum atomic E-state index is -0.0457. The quantitative estimate of drug-likeness (QED) is 0.660. The van der Waals surface area contributed by atoms with E-state index >= 15 is 0 Å². The molecule has 0 aliphatic carbocycles. The summed E-state index contributed by atoms with van der Waals surface area (Å²) in [5.41, 5.74) is 4.13. The summed E-state index contributed by atoms with van der Waals surface area (Å²) in [6.07, 6.45) is 0. The maximum absolute atomic E-state index is 12.3. The predicted molar refractivity (Wildman–Crippen MR) is 106 cm³/mol. The van der Waals surface area contributed by atoms with Gasteiger partial charge in [0.1, 0.15) is 0 Å². The molecule has 0 radical (unpaired) electrons. The maximum Gasteiger partial charge on any atom is 0.234 e. The third kappa shape index (κ3) is 3.96. The van der Waals surface area contributed by atoms with Crippen molar-refractivity contribution in [1.29, 1.82) is 0 Å². The molecule has 1 heterocycles. The number of rotatable bonds is 6. The van der Waals surface area contributed by atoms with Gasteiger partial charge in [-0.3, -0.25) is 4.79 Å². The van der Waals surface area contributed by atoms with E-state index < -0.39 is 0 Å². The van der Waals surface area contributed by atoms with Crippen LogP contribution in [-0.2, 0) is 11.3 Å². The normalized spacial score (nSPS) is 10.7. The van der Waals surface area contributed by atoms with Gasteiger partial charge in [-0.05, 0) is 38.0 Å². The zero-order valence-corrected chi connectivity index (χ0v) is 16.0. The van der Waals surface area contributed by atoms with Gasteiger partial charge < -0.3 is 9.88 Å². The van der Waals surface area contributed by atoms with E-state index in [2.05, 4.69) is 22.4 Å². The van der Waals surface area contributed by atoms with Crippen LogP contribution in [0.1, 0.15) is 18.1 Å². The average Bonchev–Trinajstić information content (AvgIpc) is 3.07. The second-order valence-corrected chi connectivity index (χ2v) is 6.94. The van der Waals surface area contributed by atoms with Crippen molar-refractivity contribution in [2.75, 3.05) is 11.1 Å². The lowest BCUT2D eigenvalue weighted by atomic mass is 10.1. The minimum Gasteiger partial charge on any atom is -0.325 e. The highest BCUT2D eigenvalue weighted by Gasteiger charge is 2.14. The van der Waals surface area contributed by atoms with Gasteiger partial charge in [0.15, 0.2) is 11.0 Å². The molecule has 1 aromatic heterocycles. The molecule has 1 amide bonds. The third-order valence-electron chi connectivity index (χ3n) is 4.28. The molecular weight excluding hydrogens is 344 g/mol. The highest BCUT2D eigenvalue weighted by molar-refractivity contribution is 7.99. The molecule has 0 unspecified atom stereocenters. The van der Waals surface area contributed by atoms with Crippen LogP contribution in [0.5, 0.6) is 0 Å². The number of carbonyl (C=O) groups is 1. The van der Waals surface area contributed by atoms with Gasteiger partial charge in [0.2, 0.25) is 5.91 Å². The van der Waals surface area contributed by atoms with E-state index in [0.717, 1.165) is 39.9 Å². The first kappa shape index (κ1) is 18.2. The molecule has 0 aliphatic heterocycles. The number of amides is 1. The fraction of sp³-hybridized carbons (Fsp3) is 0.250. The standard InChI is InChI=1S/C20H22N4OS/c1-4-24-19(16-10-6-5-7-11-16)22-23-20(24)26-13-18(25)21-17-12-8-9-14(2)15(17)3/h5-12H,4,13H2,1-3H3,(H,21,25). The molecule has 0 fully saturated rings. The van der Waals surface area contributed by atoms with Crippen molar-refractivity contribution < 1.29 is 4.79 Å². The van der Waals surface area contributed by atoms with E-state index in [0.29, 0.717) is 5.75 Å². The summed E-state index contributed by atoms with van der Waals surface area (Å²) in [5.74, 6) is 1.07. The van der Waals surface area contributed by atoms with Crippen molar-refractivity contribution in [2.24, 2.45) is 0 Å². The average molecular weight is 366 g/mol. The molecule has 1 N–H and O–H groups in total. The fourth-order valence-electron chi connectivity index (χ4n) is 2.68. The number of nitrogens with one attached hydrogen (secondary N) is 1. The van der Waals surface area contributed by atoms with Crippen molar-refractivity contribution >= 4 is 23.4 Å². The Hall–Kier alpha value is -2.60. The molecule has 134 valence electrons. The number of nitrogens with zero attached hydrogens (tertiary/aromatic N) is 3. The van der Waals surface area contributed by atoms with Crippen LogP contribution in [0.2, 0.25) is 0 Å². The summed E-state index contributed by atoms with van der Waals surface area (Å²) in [6, 6.07) is 15.9. The van der Waals surface area contributed by atoms with Gasteiger partial charge in [0.25, 0.3) is 0 Å². The van der Waals surface area contributed by atoms with E-state index in [-0.39, 0.29) is 5.91 Å². The predicted octanol–water partition coefficient (Wildman–Crippen LogP) is 4.31. The van der Waals surface area contributed by atoms with Gasteiger partial charge in [-0.1, -0.05) is 54.2 Å². The Morgan fingerprint density at radius 3 is 2.58 bits per heavy atom. The molecule has 6 heteroatoms. The number of anilines is 1. The summed E-state index contributed by atoms with van der Waals surface area (Å²) in [7, 11) is 0. The lowest BCUT2D eigenvalue weighted by Crippen LogP contribution is -2.15. The Morgan fingerprint density at radius 2 is 1.85 bits per heavy atom. The van der Waals surface area contributed by atoms with Gasteiger partial charge in [0, 0.05) is 17.8 Å². The molecule has 26 heavy (non-hydrogen) atoms. The van der Waals surface area contributed by atoms with Crippen LogP contribution in [0.3, 0.4) is 0 Å². The molecule has 0 saturated heterocycles. The van der Waals surface area contributed by atoms with Crippen LogP contribution in [0.4, 0.5) is 5.69 Å². The Balaban J connectivity index is 1.69. The summed E-state index contributed by atoms with van der Waals surface area (Å²) in [4.78, 5) is 12.3. The van der Waals surface area contributed by atoms with Crippen LogP contribution >= 0.6 is 11.8 Å². The van der Waals surface area contributed by atoms with Crippen molar-refractivity contribution in [3.63, 3.8) is 0 Å². The van der Waals surface area contributed by atoms with Crippen molar-refractivity contribution in [3.8, 4) is 11.4 Å². The van der Waals surface area contributed by atoms with E-state index in [4.69, 9.17) is 0 Å². The topological polar surface area (TPSA) is 59.8 Å². The first-order valence-electron chi connectivity index (χ1n) is 8.57. The Labute approximate surface area is 157 Å². The van der Waals surface area contributed by atoms with Gasteiger partial charge in [-0.15, -0.1) is 10.2 Å². The highest BCUT2D eigenvalue weighted by atomic mass is 32.2. The Bertz CT molecular complexity index is 905. The Morgan fingerprint density at radius 1 is 1.08 bits per heavy atom. The number of aryl methyl sites for hydroxylation is 1. The van der Waals surface area contributed by atoms with Gasteiger partial charge in [-0.2, -0.15) is 0 Å². The molecule has 0 aliphatic rings. The molecule has 0 atom stereocenters. The van der Waals surface area contributed by atoms with Crippen LogP contribution in [-0.4, -0.2) is 26.4 Å². The van der Waals surface area contributed by atoms with E-state index in [9.17, 15) is 4.79 Å². The van der Waals surface area contributed by atoms with E-state index in [1.54, 1.807) is 0 Å². The zero-order valence-electron chi connectivity index (χ0n) is 15.2. The van der Waals surface area contributed by atoms with Crippen molar-refractivity contribution in [1.82, 2.24) is 14.8 Å². The summed E-state index contributed by atoms with van der Waals surface area (Å²) in [6.45, 7) is 6.85. The number of hydrogen-bond acceptors (Lipinski definition) is 4. The molecule has 5 nitrogen and oxygen atoms in total. The number of hydrogen-bond donors (Lipinski definition) is 1.